The molecule has 0 saturated carbocycles. The summed E-state index contributed by atoms with van der Waals surface area (Å²) in [6.07, 6.45) is 1.76. The smallest absolute Gasteiger partial charge is 0.407 e. The summed E-state index contributed by atoms with van der Waals surface area (Å²) in [5.74, 6) is 0.267. The second-order valence-electron chi connectivity index (χ2n) is 7.45. The lowest BCUT2D eigenvalue weighted by Crippen LogP contribution is -2.49. The Balaban J connectivity index is 1.77. The van der Waals surface area contributed by atoms with E-state index in [0.717, 1.165) is 17.5 Å². The van der Waals surface area contributed by atoms with Crippen molar-refractivity contribution in [2.75, 3.05) is 13.1 Å². The van der Waals surface area contributed by atoms with Crippen LogP contribution in [0.4, 0.5) is 4.79 Å². The minimum Gasteiger partial charge on any atom is -0.465 e. The van der Waals surface area contributed by atoms with Crippen molar-refractivity contribution in [2.24, 2.45) is 11.3 Å². The van der Waals surface area contributed by atoms with Gasteiger partial charge in [-0.2, -0.15) is 0 Å². The molecule has 5 nitrogen and oxygen atoms in total. The van der Waals surface area contributed by atoms with Crippen LogP contribution in [0.3, 0.4) is 0 Å². The van der Waals surface area contributed by atoms with Gasteiger partial charge < -0.3 is 14.6 Å². The Bertz CT molecular complexity index is 811. The third-order valence-electron chi connectivity index (χ3n) is 5.24. The number of carbonyl (C=O) groups is 1. The molecule has 2 heterocycles. The number of hydrogen-bond donors (Lipinski definition) is 1. The summed E-state index contributed by atoms with van der Waals surface area (Å²) in [5.41, 5.74) is 1.77. The lowest BCUT2D eigenvalue weighted by Gasteiger charge is -2.43. The first-order chi connectivity index (χ1) is 11.9. The van der Waals surface area contributed by atoms with Gasteiger partial charge >= 0.3 is 6.09 Å². The molecule has 1 saturated heterocycles. The number of pyridine rings is 1. The Morgan fingerprint density at radius 1 is 1.20 bits per heavy atom. The van der Waals surface area contributed by atoms with Gasteiger partial charge in [0.1, 0.15) is 0 Å². The summed E-state index contributed by atoms with van der Waals surface area (Å²) < 4.78 is 1.75. The van der Waals surface area contributed by atoms with Crippen LogP contribution in [0.2, 0.25) is 0 Å². The highest BCUT2D eigenvalue weighted by atomic mass is 16.4. The van der Waals surface area contributed by atoms with Gasteiger partial charge in [0.25, 0.3) is 5.56 Å². The quantitative estimate of drug-likeness (QED) is 0.929. The number of likely N-dealkylation sites (tertiary alicyclic amines) is 1. The van der Waals surface area contributed by atoms with Crippen molar-refractivity contribution in [3.8, 4) is 11.1 Å². The second-order valence-corrected chi connectivity index (χ2v) is 7.45. The van der Waals surface area contributed by atoms with Crippen molar-refractivity contribution in [1.29, 1.82) is 0 Å². The van der Waals surface area contributed by atoms with Crippen molar-refractivity contribution in [3.05, 3.63) is 59.0 Å². The lowest BCUT2D eigenvalue weighted by molar-refractivity contribution is 0.0454. The van der Waals surface area contributed by atoms with Crippen LogP contribution in [0.1, 0.15) is 20.3 Å². The molecular weight excluding hydrogens is 316 g/mol. The second kappa shape index (κ2) is 6.75. The van der Waals surface area contributed by atoms with Crippen LogP contribution in [0.5, 0.6) is 0 Å². The fourth-order valence-electron chi connectivity index (χ4n) is 3.61. The normalized spacial score (nSPS) is 19.6. The van der Waals surface area contributed by atoms with Crippen LogP contribution in [-0.2, 0) is 6.54 Å². The Morgan fingerprint density at radius 2 is 1.92 bits per heavy atom. The van der Waals surface area contributed by atoms with Crippen LogP contribution in [0, 0.1) is 11.3 Å². The molecule has 3 rings (SSSR count). The van der Waals surface area contributed by atoms with Crippen molar-refractivity contribution >= 4 is 6.09 Å². The van der Waals surface area contributed by atoms with E-state index in [0.29, 0.717) is 19.6 Å². The Kier molecular flexibility index (Phi) is 4.66. The van der Waals surface area contributed by atoms with Gasteiger partial charge in [-0.3, -0.25) is 4.79 Å². The third-order valence-corrected chi connectivity index (χ3v) is 5.24. The summed E-state index contributed by atoms with van der Waals surface area (Å²) in [4.78, 5) is 25.2. The molecule has 0 aliphatic carbocycles. The zero-order chi connectivity index (χ0) is 18.0. The molecule has 1 unspecified atom stereocenters. The first-order valence-corrected chi connectivity index (χ1v) is 8.60. The van der Waals surface area contributed by atoms with E-state index in [9.17, 15) is 14.7 Å². The number of nitrogens with zero attached hydrogens (tertiary/aromatic N) is 2. The molecule has 1 fully saturated rings. The van der Waals surface area contributed by atoms with Crippen molar-refractivity contribution in [2.45, 2.75) is 26.8 Å². The Labute approximate surface area is 147 Å². The molecule has 132 valence electrons. The van der Waals surface area contributed by atoms with Crippen molar-refractivity contribution in [3.63, 3.8) is 0 Å². The molecule has 1 aliphatic heterocycles. The van der Waals surface area contributed by atoms with E-state index in [2.05, 4.69) is 13.8 Å². The molecule has 1 atom stereocenters. The fraction of sp³-hybridized carbons (Fsp3) is 0.400. The zero-order valence-electron chi connectivity index (χ0n) is 14.7. The average Bonchev–Trinajstić information content (AvgIpc) is 2.58. The molecule has 0 radical (unpaired) electrons. The summed E-state index contributed by atoms with van der Waals surface area (Å²) >= 11 is 0. The summed E-state index contributed by atoms with van der Waals surface area (Å²) in [7, 11) is 0. The molecule has 1 amide bonds. The molecular formula is C20H24N2O3. The van der Waals surface area contributed by atoms with Gasteiger partial charge in [0.2, 0.25) is 0 Å². The maximum atomic E-state index is 12.5. The average molecular weight is 340 g/mol. The number of amides is 1. The SMILES string of the molecule is CC1(C)CN(C(=O)O)CCC1Cn1ccc(-c2ccccc2)cc1=O. The van der Waals surface area contributed by atoms with E-state index in [1.54, 1.807) is 10.6 Å². The number of hydrogen-bond acceptors (Lipinski definition) is 2. The van der Waals surface area contributed by atoms with Crippen molar-refractivity contribution < 1.29 is 9.90 Å². The topological polar surface area (TPSA) is 62.5 Å². The van der Waals surface area contributed by atoms with Crippen LogP contribution >= 0.6 is 0 Å². The highest BCUT2D eigenvalue weighted by molar-refractivity contribution is 5.65. The molecule has 0 spiro atoms. The minimum atomic E-state index is -0.865. The van der Waals surface area contributed by atoms with Crippen LogP contribution < -0.4 is 5.56 Å². The van der Waals surface area contributed by atoms with Crippen LogP contribution in [0.25, 0.3) is 11.1 Å². The van der Waals surface area contributed by atoms with Crippen LogP contribution in [0.15, 0.2) is 53.5 Å². The molecule has 1 aromatic heterocycles. The number of aromatic nitrogens is 1. The number of benzene rings is 1. The molecule has 0 bridgehead atoms. The summed E-state index contributed by atoms with van der Waals surface area (Å²) in [5, 5.41) is 9.20. The predicted molar refractivity (Wildman–Crippen MR) is 97.6 cm³/mol. The van der Waals surface area contributed by atoms with E-state index >= 15 is 0 Å². The van der Waals surface area contributed by atoms with Gasteiger partial charge in [-0.05, 0) is 34.9 Å². The standard InChI is InChI=1S/C20H24N2O3/c1-20(2)14-22(19(24)25)11-9-17(20)13-21-10-8-16(12-18(21)23)15-6-4-3-5-7-15/h3-8,10,12,17H,9,11,13-14H2,1-2H3,(H,24,25). The van der Waals surface area contributed by atoms with Gasteiger partial charge in [0.15, 0.2) is 0 Å². The fourth-order valence-corrected chi connectivity index (χ4v) is 3.61. The number of piperidine rings is 1. The maximum absolute atomic E-state index is 12.5. The Hall–Kier alpha value is -2.56. The van der Waals surface area contributed by atoms with Gasteiger partial charge in [0.05, 0.1) is 0 Å². The van der Waals surface area contributed by atoms with E-state index in [1.807, 2.05) is 42.6 Å². The van der Waals surface area contributed by atoms with Gasteiger partial charge in [-0.15, -0.1) is 0 Å². The van der Waals surface area contributed by atoms with Gasteiger partial charge in [-0.25, -0.2) is 4.79 Å². The van der Waals surface area contributed by atoms with Gasteiger partial charge in [0, 0.05) is 31.9 Å². The lowest BCUT2D eigenvalue weighted by atomic mass is 9.74. The molecule has 5 heteroatoms. The molecule has 1 aliphatic rings. The highest BCUT2D eigenvalue weighted by Gasteiger charge is 2.37. The minimum absolute atomic E-state index is 0.0159. The largest absolute Gasteiger partial charge is 0.465 e. The molecule has 25 heavy (non-hydrogen) atoms. The first kappa shape index (κ1) is 17.3. The predicted octanol–water partition coefficient (Wildman–Crippen LogP) is 3.54. The molecule has 2 aromatic rings. The first-order valence-electron chi connectivity index (χ1n) is 8.60. The van der Waals surface area contributed by atoms with Crippen LogP contribution in [-0.4, -0.2) is 33.8 Å². The maximum Gasteiger partial charge on any atom is 0.407 e. The zero-order valence-corrected chi connectivity index (χ0v) is 14.7. The monoisotopic (exact) mass is 340 g/mol. The van der Waals surface area contributed by atoms with Gasteiger partial charge in [-0.1, -0.05) is 44.2 Å². The Morgan fingerprint density at radius 3 is 2.52 bits per heavy atom. The summed E-state index contributed by atoms with van der Waals surface area (Å²) in [6.45, 7) is 5.81. The number of carboxylic acid groups (broad SMARTS) is 1. The van der Waals surface area contributed by atoms with E-state index in [4.69, 9.17) is 0 Å². The van der Waals surface area contributed by atoms with E-state index < -0.39 is 6.09 Å². The summed E-state index contributed by atoms with van der Waals surface area (Å²) in [6, 6.07) is 13.5. The van der Waals surface area contributed by atoms with Crippen molar-refractivity contribution in [1.82, 2.24) is 9.47 Å². The number of rotatable bonds is 3. The highest BCUT2D eigenvalue weighted by Crippen LogP contribution is 2.35. The molecule has 1 N–H and O–H groups in total. The molecule has 1 aromatic carbocycles. The van der Waals surface area contributed by atoms with E-state index in [-0.39, 0.29) is 16.9 Å². The van der Waals surface area contributed by atoms with E-state index in [1.165, 1.54) is 4.90 Å². The third kappa shape index (κ3) is 3.76.